The first-order valence-corrected chi connectivity index (χ1v) is 7.28. The fraction of sp³-hybridized carbons (Fsp3) is 0.579. The molecule has 0 N–H and O–H groups in total. The summed E-state index contributed by atoms with van der Waals surface area (Å²) in [7, 11) is 0. The molecular formula is C19H30. The van der Waals surface area contributed by atoms with Crippen LogP contribution in [0, 0.1) is 22.7 Å². The van der Waals surface area contributed by atoms with Gasteiger partial charge in [0.1, 0.15) is 0 Å². The molecule has 0 radical (unpaired) electrons. The van der Waals surface area contributed by atoms with Gasteiger partial charge in [0.15, 0.2) is 0 Å². The lowest BCUT2D eigenvalue weighted by Crippen LogP contribution is -2.09. The number of hydrogen-bond donors (Lipinski definition) is 0. The van der Waals surface area contributed by atoms with E-state index in [0.717, 1.165) is 12.0 Å². The predicted molar refractivity (Wildman–Crippen MR) is 87.3 cm³/mol. The van der Waals surface area contributed by atoms with Crippen LogP contribution in [0.2, 0.25) is 0 Å². The highest BCUT2D eigenvalue weighted by atomic mass is 14.2. The normalized spacial score (nSPS) is 10.9. The number of hydrogen-bond acceptors (Lipinski definition) is 0. The molecule has 0 nitrogen and oxygen atoms in total. The first kappa shape index (κ1) is 17.8. The van der Waals surface area contributed by atoms with E-state index in [2.05, 4.69) is 77.6 Å². The van der Waals surface area contributed by atoms with Crippen LogP contribution in [0.4, 0.5) is 0 Å². The third-order valence-electron chi connectivity index (χ3n) is 2.24. The van der Waals surface area contributed by atoms with Gasteiger partial charge in [-0.15, -0.1) is 0 Å². The standard InChI is InChI=1S/C17H24.C2H6/c1-16(2,3)11-10-14-8-7-9-15(12-14)13-17(4,5)6;1-2/h7-9,12H,13H2,1-6H3;1-2H3. The Morgan fingerprint density at radius 2 is 1.53 bits per heavy atom. The molecule has 106 valence electrons. The molecule has 0 fully saturated rings. The third-order valence-corrected chi connectivity index (χ3v) is 2.24. The van der Waals surface area contributed by atoms with Crippen LogP contribution in [0.5, 0.6) is 0 Å². The third kappa shape index (κ3) is 9.37. The summed E-state index contributed by atoms with van der Waals surface area (Å²) in [5, 5.41) is 0. The average molecular weight is 258 g/mol. The minimum absolute atomic E-state index is 0.0695. The van der Waals surface area contributed by atoms with Gasteiger partial charge in [-0.1, -0.05) is 58.6 Å². The Kier molecular flexibility index (Phi) is 6.91. The van der Waals surface area contributed by atoms with Gasteiger partial charge < -0.3 is 0 Å². The minimum atomic E-state index is 0.0695. The molecule has 0 heterocycles. The van der Waals surface area contributed by atoms with Gasteiger partial charge in [0, 0.05) is 11.0 Å². The maximum absolute atomic E-state index is 3.28. The maximum Gasteiger partial charge on any atom is 0.0248 e. The molecule has 0 aromatic heterocycles. The van der Waals surface area contributed by atoms with Crippen LogP contribution in [-0.4, -0.2) is 0 Å². The summed E-state index contributed by atoms with van der Waals surface area (Å²) >= 11 is 0. The van der Waals surface area contributed by atoms with Crippen molar-refractivity contribution in [3.8, 4) is 11.8 Å². The monoisotopic (exact) mass is 258 g/mol. The van der Waals surface area contributed by atoms with Crippen molar-refractivity contribution in [2.45, 2.75) is 61.8 Å². The summed E-state index contributed by atoms with van der Waals surface area (Å²) < 4.78 is 0. The lowest BCUT2D eigenvalue weighted by Gasteiger charge is -2.18. The molecule has 1 rings (SSSR count). The Morgan fingerprint density at radius 3 is 2.00 bits per heavy atom. The fourth-order valence-electron chi connectivity index (χ4n) is 1.63. The molecule has 0 aliphatic carbocycles. The van der Waals surface area contributed by atoms with Crippen LogP contribution in [0.15, 0.2) is 24.3 Å². The Balaban J connectivity index is 0.00000154. The second-order valence-electron chi connectivity index (χ2n) is 6.94. The van der Waals surface area contributed by atoms with E-state index in [4.69, 9.17) is 0 Å². The van der Waals surface area contributed by atoms with Crippen molar-refractivity contribution in [2.75, 3.05) is 0 Å². The van der Waals surface area contributed by atoms with E-state index >= 15 is 0 Å². The van der Waals surface area contributed by atoms with Gasteiger partial charge in [-0.25, -0.2) is 0 Å². The van der Waals surface area contributed by atoms with Crippen molar-refractivity contribution in [3.05, 3.63) is 35.4 Å². The largest absolute Gasteiger partial charge is 0.0920 e. The van der Waals surface area contributed by atoms with Crippen LogP contribution in [0.1, 0.15) is 66.5 Å². The Morgan fingerprint density at radius 1 is 0.947 bits per heavy atom. The molecule has 0 saturated heterocycles. The second-order valence-corrected chi connectivity index (χ2v) is 6.94. The van der Waals surface area contributed by atoms with E-state index in [-0.39, 0.29) is 5.41 Å². The van der Waals surface area contributed by atoms with Crippen LogP contribution in [0.3, 0.4) is 0 Å². The molecular weight excluding hydrogens is 228 g/mol. The zero-order valence-corrected chi connectivity index (χ0v) is 14.0. The van der Waals surface area contributed by atoms with E-state index in [1.807, 2.05) is 13.8 Å². The van der Waals surface area contributed by atoms with Gasteiger partial charge in [-0.3, -0.25) is 0 Å². The van der Waals surface area contributed by atoms with Crippen LogP contribution in [0.25, 0.3) is 0 Å². The van der Waals surface area contributed by atoms with Gasteiger partial charge in [-0.05, 0) is 50.3 Å². The summed E-state index contributed by atoms with van der Waals surface area (Å²) in [4.78, 5) is 0. The molecule has 19 heavy (non-hydrogen) atoms. The summed E-state index contributed by atoms with van der Waals surface area (Å²) in [5.41, 5.74) is 2.90. The van der Waals surface area contributed by atoms with E-state index in [1.165, 1.54) is 5.56 Å². The molecule has 0 aliphatic heterocycles. The van der Waals surface area contributed by atoms with Crippen LogP contribution >= 0.6 is 0 Å². The van der Waals surface area contributed by atoms with Crippen molar-refractivity contribution < 1.29 is 0 Å². The minimum Gasteiger partial charge on any atom is -0.0920 e. The fourth-order valence-corrected chi connectivity index (χ4v) is 1.63. The van der Waals surface area contributed by atoms with E-state index in [0.29, 0.717) is 5.41 Å². The summed E-state index contributed by atoms with van der Waals surface area (Å²) in [6, 6.07) is 8.59. The smallest absolute Gasteiger partial charge is 0.0248 e. The highest BCUT2D eigenvalue weighted by molar-refractivity contribution is 5.38. The van der Waals surface area contributed by atoms with Crippen molar-refractivity contribution in [1.29, 1.82) is 0 Å². The van der Waals surface area contributed by atoms with E-state index in [1.54, 1.807) is 0 Å². The van der Waals surface area contributed by atoms with E-state index in [9.17, 15) is 0 Å². The zero-order valence-electron chi connectivity index (χ0n) is 14.0. The molecule has 0 bridgehead atoms. The second kappa shape index (κ2) is 7.39. The van der Waals surface area contributed by atoms with Crippen molar-refractivity contribution in [2.24, 2.45) is 10.8 Å². The molecule has 1 aromatic carbocycles. The van der Waals surface area contributed by atoms with Gasteiger partial charge >= 0.3 is 0 Å². The predicted octanol–water partition coefficient (Wildman–Crippen LogP) is 5.70. The van der Waals surface area contributed by atoms with Gasteiger partial charge in [0.25, 0.3) is 0 Å². The first-order valence-electron chi connectivity index (χ1n) is 7.28. The van der Waals surface area contributed by atoms with E-state index < -0.39 is 0 Å². The molecule has 0 aliphatic rings. The molecule has 0 heteroatoms. The maximum atomic E-state index is 3.28. The van der Waals surface area contributed by atoms with Gasteiger partial charge in [0.2, 0.25) is 0 Å². The number of rotatable bonds is 1. The van der Waals surface area contributed by atoms with Crippen molar-refractivity contribution >= 4 is 0 Å². The SMILES string of the molecule is CC.CC(C)(C)C#Cc1cccc(CC(C)(C)C)c1. The number of benzene rings is 1. The first-order chi connectivity index (χ1) is 8.66. The summed E-state index contributed by atoms with van der Waals surface area (Å²) in [5.74, 6) is 6.54. The summed E-state index contributed by atoms with van der Waals surface area (Å²) in [6.07, 6.45) is 1.10. The quantitative estimate of drug-likeness (QED) is 0.567. The zero-order chi connectivity index (χ0) is 15.1. The van der Waals surface area contributed by atoms with Crippen LogP contribution in [-0.2, 0) is 6.42 Å². The molecule has 0 unspecified atom stereocenters. The molecule has 0 saturated carbocycles. The lowest BCUT2D eigenvalue weighted by atomic mass is 9.87. The molecule has 0 spiro atoms. The molecule has 1 aromatic rings. The summed E-state index contributed by atoms with van der Waals surface area (Å²) in [6.45, 7) is 17.2. The lowest BCUT2D eigenvalue weighted by molar-refractivity contribution is 0.411. The molecule has 0 atom stereocenters. The van der Waals surface area contributed by atoms with Crippen LogP contribution < -0.4 is 0 Å². The topological polar surface area (TPSA) is 0 Å². The Hall–Kier alpha value is -1.22. The Labute approximate surface area is 120 Å². The van der Waals surface area contributed by atoms with Gasteiger partial charge in [0.05, 0.1) is 0 Å². The molecule has 0 amide bonds. The average Bonchev–Trinajstić information content (AvgIpc) is 2.26. The van der Waals surface area contributed by atoms with Crippen molar-refractivity contribution in [1.82, 2.24) is 0 Å². The highest BCUT2D eigenvalue weighted by Gasteiger charge is 2.11. The Bertz CT molecular complexity index is 428. The van der Waals surface area contributed by atoms with Gasteiger partial charge in [-0.2, -0.15) is 0 Å². The highest BCUT2D eigenvalue weighted by Crippen LogP contribution is 2.21. The van der Waals surface area contributed by atoms with Crippen molar-refractivity contribution in [3.63, 3.8) is 0 Å².